The molecular weight excluding hydrogens is 508 g/mol. The molecule has 0 saturated carbocycles. The molecule has 6 rings (SSSR count). The van der Waals surface area contributed by atoms with E-state index in [0.29, 0.717) is 34.5 Å². The number of aryl methyl sites for hydroxylation is 1. The molecule has 0 bridgehead atoms. The van der Waals surface area contributed by atoms with E-state index in [-0.39, 0.29) is 22.9 Å². The normalized spacial score (nSPS) is 20.3. The summed E-state index contributed by atoms with van der Waals surface area (Å²) in [4.78, 5) is 15.3. The molecule has 1 aliphatic carbocycles. The molecular formula is C29H25F2N3O3S. The Morgan fingerprint density at radius 2 is 1.84 bits per heavy atom. The second kappa shape index (κ2) is 8.80. The number of halogens is 2. The third kappa shape index (κ3) is 3.98. The van der Waals surface area contributed by atoms with Gasteiger partial charge in [-0.05, 0) is 46.5 Å². The lowest BCUT2D eigenvalue weighted by Gasteiger charge is -2.39. The number of nitrogens with zero attached hydrogens (tertiary/aromatic N) is 2. The average molecular weight is 534 g/mol. The number of anilines is 1. The van der Waals surface area contributed by atoms with Gasteiger partial charge in [-0.15, -0.1) is 0 Å². The summed E-state index contributed by atoms with van der Waals surface area (Å²) in [5, 5.41) is 3.48. The molecule has 1 aromatic heterocycles. The van der Waals surface area contributed by atoms with Gasteiger partial charge in [0.15, 0.2) is 9.84 Å². The maximum absolute atomic E-state index is 15.2. The van der Waals surface area contributed by atoms with Crippen molar-refractivity contribution in [3.8, 4) is 0 Å². The largest absolute Gasteiger partial charge is 0.383 e. The van der Waals surface area contributed by atoms with Crippen molar-refractivity contribution in [3.63, 3.8) is 0 Å². The highest BCUT2D eigenvalue weighted by molar-refractivity contribution is 7.91. The topological polar surface area (TPSA) is 71.4 Å². The minimum atomic E-state index is -3.45. The van der Waals surface area contributed by atoms with E-state index in [9.17, 15) is 17.6 Å². The van der Waals surface area contributed by atoms with Gasteiger partial charge in [-0.25, -0.2) is 17.2 Å². The first-order chi connectivity index (χ1) is 18.1. The SMILES string of the molecule is Cn1ccc2c(c1=O)C1=C3C(=CN(c4ccc(F)cc4F)C3C(c3ccccc3)CN1)C=C2CS(C)(=O)=O. The Kier molecular flexibility index (Phi) is 5.64. The molecule has 0 spiro atoms. The highest BCUT2D eigenvalue weighted by Crippen LogP contribution is 2.48. The smallest absolute Gasteiger partial charge is 0.260 e. The zero-order valence-electron chi connectivity index (χ0n) is 20.8. The predicted molar refractivity (Wildman–Crippen MR) is 144 cm³/mol. The monoisotopic (exact) mass is 533 g/mol. The molecule has 0 saturated heterocycles. The van der Waals surface area contributed by atoms with Gasteiger partial charge in [0.25, 0.3) is 5.56 Å². The highest BCUT2D eigenvalue weighted by atomic mass is 32.2. The lowest BCUT2D eigenvalue weighted by Crippen LogP contribution is -2.44. The van der Waals surface area contributed by atoms with Crippen LogP contribution in [0.1, 0.15) is 22.6 Å². The van der Waals surface area contributed by atoms with Crippen molar-refractivity contribution in [2.24, 2.45) is 7.05 Å². The number of nitrogens with one attached hydrogen (secondary N) is 1. The van der Waals surface area contributed by atoms with E-state index in [1.54, 1.807) is 36.5 Å². The van der Waals surface area contributed by atoms with Crippen molar-refractivity contribution in [2.45, 2.75) is 12.0 Å². The number of hydrogen-bond acceptors (Lipinski definition) is 5. The van der Waals surface area contributed by atoms with Crippen LogP contribution in [-0.2, 0) is 16.9 Å². The summed E-state index contributed by atoms with van der Waals surface area (Å²) in [6.07, 6.45) is 6.34. The van der Waals surface area contributed by atoms with Crippen LogP contribution in [0.15, 0.2) is 89.0 Å². The molecule has 2 aliphatic heterocycles. The van der Waals surface area contributed by atoms with Crippen molar-refractivity contribution in [1.82, 2.24) is 9.88 Å². The summed E-state index contributed by atoms with van der Waals surface area (Å²) in [6.45, 7) is 0.451. The number of sulfone groups is 1. The van der Waals surface area contributed by atoms with Gasteiger partial charge in [0.1, 0.15) is 11.6 Å². The van der Waals surface area contributed by atoms with Gasteiger partial charge < -0.3 is 14.8 Å². The van der Waals surface area contributed by atoms with Crippen LogP contribution < -0.4 is 15.8 Å². The fourth-order valence-corrected chi connectivity index (χ4v) is 6.57. The fourth-order valence-electron chi connectivity index (χ4n) is 5.77. The molecule has 6 nitrogen and oxygen atoms in total. The van der Waals surface area contributed by atoms with Crippen LogP contribution in [-0.4, -0.2) is 37.6 Å². The molecule has 0 fully saturated rings. The maximum Gasteiger partial charge on any atom is 0.260 e. The summed E-state index contributed by atoms with van der Waals surface area (Å²) in [5.74, 6) is -1.79. The van der Waals surface area contributed by atoms with Gasteiger partial charge >= 0.3 is 0 Å². The summed E-state index contributed by atoms with van der Waals surface area (Å²) in [5.41, 5.74) is 4.45. The highest BCUT2D eigenvalue weighted by Gasteiger charge is 2.44. The van der Waals surface area contributed by atoms with Crippen molar-refractivity contribution >= 4 is 26.8 Å². The van der Waals surface area contributed by atoms with Gasteiger partial charge in [0, 0.05) is 49.8 Å². The van der Waals surface area contributed by atoms with E-state index < -0.39 is 27.5 Å². The Morgan fingerprint density at radius 1 is 1.08 bits per heavy atom. The quantitative estimate of drug-likeness (QED) is 0.550. The zero-order chi connectivity index (χ0) is 26.8. The summed E-state index contributed by atoms with van der Waals surface area (Å²) in [7, 11) is -1.80. The van der Waals surface area contributed by atoms with Gasteiger partial charge in [0.05, 0.1) is 28.7 Å². The minimum absolute atomic E-state index is 0.144. The first-order valence-corrected chi connectivity index (χ1v) is 14.3. The average Bonchev–Trinajstić information content (AvgIpc) is 3.17. The number of fused-ring (bicyclic) bond motifs is 2. The minimum Gasteiger partial charge on any atom is -0.383 e. The number of allylic oxidation sites excluding steroid dienone is 1. The van der Waals surface area contributed by atoms with Crippen molar-refractivity contribution in [1.29, 1.82) is 0 Å². The molecule has 38 heavy (non-hydrogen) atoms. The predicted octanol–water partition coefficient (Wildman–Crippen LogP) is 3.98. The lowest BCUT2D eigenvalue weighted by atomic mass is 9.81. The van der Waals surface area contributed by atoms with E-state index in [4.69, 9.17) is 0 Å². The maximum atomic E-state index is 15.2. The molecule has 3 aliphatic rings. The van der Waals surface area contributed by atoms with E-state index in [0.717, 1.165) is 23.5 Å². The molecule has 0 radical (unpaired) electrons. The molecule has 3 aromatic rings. The number of aromatic nitrogens is 1. The van der Waals surface area contributed by atoms with Crippen LogP contribution in [0.2, 0.25) is 0 Å². The molecule has 2 atom stereocenters. The molecule has 194 valence electrons. The Labute approximate surface area is 219 Å². The van der Waals surface area contributed by atoms with E-state index in [2.05, 4.69) is 5.32 Å². The molecule has 0 amide bonds. The van der Waals surface area contributed by atoms with Crippen LogP contribution in [0.4, 0.5) is 14.5 Å². The fraction of sp³-hybridized carbons (Fsp3) is 0.207. The Bertz CT molecular complexity index is 1740. The van der Waals surface area contributed by atoms with Crippen LogP contribution in [0.5, 0.6) is 0 Å². The number of hydrogen-bond donors (Lipinski definition) is 1. The lowest BCUT2D eigenvalue weighted by molar-refractivity contribution is 0.536. The van der Waals surface area contributed by atoms with Crippen LogP contribution in [0.3, 0.4) is 0 Å². The number of rotatable bonds is 4. The first-order valence-electron chi connectivity index (χ1n) is 12.2. The Morgan fingerprint density at radius 3 is 2.55 bits per heavy atom. The van der Waals surface area contributed by atoms with Gasteiger partial charge in [-0.2, -0.15) is 0 Å². The summed E-state index contributed by atoms with van der Waals surface area (Å²) >= 11 is 0. The molecule has 2 aromatic carbocycles. The Balaban J connectivity index is 1.65. The first kappa shape index (κ1) is 24.4. The molecule has 1 N–H and O–H groups in total. The number of benzene rings is 2. The molecule has 9 heteroatoms. The van der Waals surface area contributed by atoms with Crippen molar-refractivity contribution in [3.05, 3.63) is 123 Å². The molecule has 3 heterocycles. The van der Waals surface area contributed by atoms with Gasteiger partial charge in [-0.3, -0.25) is 4.79 Å². The zero-order valence-corrected chi connectivity index (χ0v) is 21.6. The molecule has 2 unspecified atom stereocenters. The van der Waals surface area contributed by atoms with Crippen LogP contribution in [0.25, 0.3) is 11.3 Å². The van der Waals surface area contributed by atoms with Gasteiger partial charge in [0.2, 0.25) is 0 Å². The van der Waals surface area contributed by atoms with Gasteiger partial charge in [-0.1, -0.05) is 30.3 Å². The van der Waals surface area contributed by atoms with Crippen molar-refractivity contribution < 1.29 is 17.2 Å². The summed E-state index contributed by atoms with van der Waals surface area (Å²) < 4.78 is 55.3. The van der Waals surface area contributed by atoms with E-state index in [1.807, 2.05) is 30.3 Å². The third-order valence-electron chi connectivity index (χ3n) is 7.36. The third-order valence-corrected chi connectivity index (χ3v) is 8.20. The van der Waals surface area contributed by atoms with E-state index in [1.165, 1.54) is 16.7 Å². The standard InChI is InChI=1S/C29H25F2N3O3S/c1-33-11-10-21-19(16-38(2,36)37)12-18-15-34(24-9-8-20(30)13-23(24)31)28-22(17-6-4-3-5-7-17)14-32-27(25(18)28)26(21)29(33)35/h3-13,15,22,28,32H,14,16H2,1-2H3. The van der Waals surface area contributed by atoms with Crippen LogP contribution in [0, 0.1) is 11.6 Å². The summed E-state index contributed by atoms with van der Waals surface area (Å²) in [6, 6.07) is 14.6. The number of pyridine rings is 1. The Hall–Kier alpha value is -3.98. The van der Waals surface area contributed by atoms with E-state index >= 15 is 4.39 Å². The second-order valence-electron chi connectivity index (χ2n) is 9.98. The van der Waals surface area contributed by atoms with Crippen LogP contribution >= 0.6 is 0 Å². The van der Waals surface area contributed by atoms with Crippen molar-refractivity contribution in [2.75, 3.05) is 23.5 Å². The second-order valence-corrected chi connectivity index (χ2v) is 12.1.